The minimum atomic E-state index is -1.52. The van der Waals surface area contributed by atoms with Gasteiger partial charge in [-0.25, -0.2) is 9.97 Å². The van der Waals surface area contributed by atoms with Crippen molar-refractivity contribution < 1.29 is 0 Å². The zero-order chi connectivity index (χ0) is 29.7. The van der Waals surface area contributed by atoms with Crippen LogP contribution >= 0.6 is 0 Å². The van der Waals surface area contributed by atoms with Crippen LogP contribution in [0, 0.1) is 13.8 Å². The van der Waals surface area contributed by atoms with Crippen LogP contribution in [0.2, 0.25) is 19.6 Å². The fraction of sp³-hybridized carbons (Fsp3) is 0.158. The lowest BCUT2D eigenvalue weighted by molar-refractivity contribution is 1.17. The Labute approximate surface area is 253 Å². The van der Waals surface area contributed by atoms with E-state index in [1.54, 1.807) is 0 Å². The van der Waals surface area contributed by atoms with Gasteiger partial charge in [-0.3, -0.25) is 0 Å². The number of nitrogens with one attached hydrogen (secondary N) is 2. The third kappa shape index (κ3) is 5.44. The van der Waals surface area contributed by atoms with Gasteiger partial charge < -0.3 is 9.97 Å². The minimum Gasteiger partial charge on any atom is -0.355 e. The molecule has 4 nitrogen and oxygen atoms in total. The largest absolute Gasteiger partial charge is 0.355 e. The highest BCUT2D eigenvalue weighted by atomic mass is 28.3. The molecule has 43 heavy (non-hydrogen) atoms. The molecule has 2 aliphatic heterocycles. The molecule has 8 bridgehead atoms. The molecule has 2 aromatic carbocycles. The van der Waals surface area contributed by atoms with Gasteiger partial charge in [0.25, 0.3) is 0 Å². The van der Waals surface area contributed by atoms with Crippen LogP contribution in [0.3, 0.4) is 0 Å². The number of hydrogen-bond acceptors (Lipinski definition) is 2. The van der Waals surface area contributed by atoms with Gasteiger partial charge in [0.15, 0.2) is 0 Å². The van der Waals surface area contributed by atoms with Crippen LogP contribution in [0.4, 0.5) is 0 Å². The van der Waals surface area contributed by atoms with Crippen molar-refractivity contribution >= 4 is 54.4 Å². The molecular formula is C38H36N4Si. The zero-order valence-electron chi connectivity index (χ0n) is 25.4. The lowest BCUT2D eigenvalue weighted by Gasteiger charge is -2.17. The van der Waals surface area contributed by atoms with Gasteiger partial charge in [0.1, 0.15) is 0 Å². The fourth-order valence-corrected chi connectivity index (χ4v) is 7.38. The van der Waals surface area contributed by atoms with Gasteiger partial charge >= 0.3 is 0 Å². The molecule has 5 heteroatoms. The second-order valence-electron chi connectivity index (χ2n) is 12.9. The van der Waals surface area contributed by atoms with E-state index in [1.807, 2.05) is 0 Å². The lowest BCUT2D eigenvalue weighted by atomic mass is 10.0. The molecule has 212 valence electrons. The van der Waals surface area contributed by atoms with Crippen molar-refractivity contribution in [1.82, 2.24) is 19.9 Å². The van der Waals surface area contributed by atoms with Crippen LogP contribution in [0.15, 0.2) is 78.9 Å². The summed E-state index contributed by atoms with van der Waals surface area (Å²) in [5.41, 5.74) is 16.3. The number of aromatic nitrogens is 4. The molecule has 0 spiro atoms. The molecule has 0 amide bonds. The first-order chi connectivity index (χ1) is 20.7. The van der Waals surface area contributed by atoms with Crippen LogP contribution in [-0.2, 0) is 6.04 Å². The van der Waals surface area contributed by atoms with E-state index >= 15 is 0 Å². The smallest absolute Gasteiger partial charge is 0.0737 e. The van der Waals surface area contributed by atoms with E-state index in [0.717, 1.165) is 73.1 Å². The Bertz CT molecular complexity index is 1940. The Hall–Kier alpha value is -4.74. The first kappa shape index (κ1) is 27.1. The molecule has 0 fully saturated rings. The van der Waals surface area contributed by atoms with Crippen molar-refractivity contribution in [2.24, 2.45) is 0 Å². The molecule has 0 aliphatic carbocycles. The van der Waals surface area contributed by atoms with E-state index < -0.39 is 8.07 Å². The van der Waals surface area contributed by atoms with Gasteiger partial charge in [0.05, 0.1) is 22.8 Å². The third-order valence-electron chi connectivity index (χ3n) is 8.07. The normalized spacial score (nSPS) is 12.7. The maximum absolute atomic E-state index is 5.32. The average Bonchev–Trinajstić information content (AvgIpc) is 3.79. The highest BCUT2D eigenvalue weighted by molar-refractivity contribution is 6.75. The van der Waals surface area contributed by atoms with E-state index in [0.29, 0.717) is 0 Å². The Kier molecular flexibility index (Phi) is 6.63. The summed E-state index contributed by atoms with van der Waals surface area (Å²) in [6.07, 6.45) is 8.70. The van der Waals surface area contributed by atoms with E-state index in [1.165, 1.54) is 16.7 Å². The maximum Gasteiger partial charge on any atom is 0.0737 e. The minimum absolute atomic E-state index is 0.966. The number of aryl methyl sites for hydroxylation is 2. The van der Waals surface area contributed by atoms with Crippen molar-refractivity contribution in [3.05, 3.63) is 118 Å². The van der Waals surface area contributed by atoms with Crippen LogP contribution in [0.5, 0.6) is 0 Å². The predicted octanol–water partition coefficient (Wildman–Crippen LogP) is 10.0. The topological polar surface area (TPSA) is 57.4 Å². The first-order valence-corrected chi connectivity index (χ1v) is 18.7. The molecule has 5 aromatic rings. The predicted molar refractivity (Wildman–Crippen MR) is 186 cm³/mol. The van der Waals surface area contributed by atoms with Gasteiger partial charge in [-0.1, -0.05) is 79.3 Å². The average molecular weight is 577 g/mol. The molecule has 3 aromatic heterocycles. The highest BCUT2D eigenvalue weighted by Gasteiger charge is 2.22. The molecule has 2 N–H and O–H groups in total. The summed E-state index contributed by atoms with van der Waals surface area (Å²) in [6.45, 7) is 11.5. The molecule has 0 unspecified atom stereocenters. The second kappa shape index (κ2) is 10.5. The van der Waals surface area contributed by atoms with Crippen molar-refractivity contribution in [1.29, 1.82) is 0 Å². The van der Waals surface area contributed by atoms with E-state index in [-0.39, 0.29) is 0 Å². The summed E-state index contributed by atoms with van der Waals surface area (Å²) < 4.78 is 0. The van der Waals surface area contributed by atoms with Gasteiger partial charge in [-0.05, 0) is 85.7 Å². The molecule has 0 saturated carbocycles. The third-order valence-corrected chi connectivity index (χ3v) is 9.48. The molecule has 0 saturated heterocycles. The van der Waals surface area contributed by atoms with E-state index in [2.05, 4.69) is 147 Å². The van der Waals surface area contributed by atoms with Crippen molar-refractivity contribution in [3.63, 3.8) is 0 Å². The molecule has 7 rings (SSSR count). The van der Waals surface area contributed by atoms with E-state index in [9.17, 15) is 0 Å². The molecule has 0 atom stereocenters. The van der Waals surface area contributed by atoms with Gasteiger partial charge in [0, 0.05) is 46.8 Å². The summed E-state index contributed by atoms with van der Waals surface area (Å²) in [4.78, 5) is 18.0. The van der Waals surface area contributed by atoms with Gasteiger partial charge in [-0.15, -0.1) is 0 Å². The summed E-state index contributed by atoms with van der Waals surface area (Å²) in [5.74, 6) is 0. The molecule has 5 heterocycles. The van der Waals surface area contributed by atoms with Crippen LogP contribution in [0.25, 0.3) is 68.6 Å². The van der Waals surface area contributed by atoms with Crippen molar-refractivity contribution in [3.8, 4) is 22.3 Å². The number of nitrogens with zero attached hydrogens (tertiary/aromatic N) is 2. The second-order valence-corrected chi connectivity index (χ2v) is 18.4. The number of H-pyrrole nitrogens is 2. The fourth-order valence-electron chi connectivity index (χ4n) is 5.96. The van der Waals surface area contributed by atoms with E-state index in [4.69, 9.17) is 9.97 Å². The lowest BCUT2D eigenvalue weighted by Crippen LogP contribution is -2.25. The van der Waals surface area contributed by atoms with Crippen LogP contribution in [0.1, 0.15) is 39.5 Å². The number of hydrogen-bond donors (Lipinski definition) is 2. The summed E-state index contributed by atoms with van der Waals surface area (Å²) >= 11 is 0. The first-order valence-electron chi connectivity index (χ1n) is 15.0. The number of benzene rings is 2. The standard InChI is InChI=1S/C38H36N4Si/c1-24-6-10-26(11-7-24)37-33-16-14-28(39-33)22-29-15-17-34(40-29)38(27-12-8-25(2)9-13-27)36-21-19-32(42-36)30(23-43(3,4)5)31-18-20-35(37)41-31/h6-22,39-40H,23H2,1-5H3. The maximum atomic E-state index is 5.32. The van der Waals surface area contributed by atoms with Crippen LogP contribution < -0.4 is 0 Å². The Balaban J connectivity index is 1.61. The SMILES string of the molecule is Cc1ccc(-c2c3nc(c(C[Si](C)(C)C)c4nc(c(-c5ccc(C)cc5)c5ccc(cc6ccc2[nH]6)[nH]5)C=C4)C=C3)cc1. The quantitative estimate of drug-likeness (QED) is 0.205. The Morgan fingerprint density at radius 3 is 1.37 bits per heavy atom. The van der Waals surface area contributed by atoms with Gasteiger partial charge in [-0.2, -0.15) is 0 Å². The van der Waals surface area contributed by atoms with Gasteiger partial charge in [0.2, 0.25) is 0 Å². The Morgan fingerprint density at radius 1 is 0.535 bits per heavy atom. The number of rotatable bonds is 4. The van der Waals surface area contributed by atoms with Crippen LogP contribution in [-0.4, -0.2) is 28.0 Å². The molecule has 2 aliphatic rings. The highest BCUT2D eigenvalue weighted by Crippen LogP contribution is 2.34. The molecular weight excluding hydrogens is 541 g/mol. The number of fused-ring (bicyclic) bond motifs is 8. The summed E-state index contributed by atoms with van der Waals surface area (Å²) in [5, 5.41) is 0. The molecule has 0 radical (unpaired) electrons. The monoisotopic (exact) mass is 576 g/mol. The Morgan fingerprint density at radius 2 is 0.953 bits per heavy atom. The summed E-state index contributed by atoms with van der Waals surface area (Å²) in [7, 11) is -1.52. The number of aromatic amines is 2. The van der Waals surface area contributed by atoms with Crippen molar-refractivity contribution in [2.75, 3.05) is 0 Å². The summed E-state index contributed by atoms with van der Waals surface area (Å²) in [6, 6.07) is 29.2. The van der Waals surface area contributed by atoms with Crippen molar-refractivity contribution in [2.45, 2.75) is 39.5 Å². The zero-order valence-corrected chi connectivity index (χ0v) is 26.4.